The van der Waals surface area contributed by atoms with Gasteiger partial charge in [-0.15, -0.1) is 0 Å². The first-order valence-corrected chi connectivity index (χ1v) is 7.02. The summed E-state index contributed by atoms with van der Waals surface area (Å²) in [5.41, 5.74) is 11.2. The highest BCUT2D eigenvalue weighted by molar-refractivity contribution is 5.84. The number of methoxy groups -OCH3 is 1. The van der Waals surface area contributed by atoms with E-state index >= 15 is 0 Å². The number of aryl methyl sites for hydroxylation is 1. The van der Waals surface area contributed by atoms with E-state index in [1.165, 1.54) is 0 Å². The molecular formula is C17H19N3O. The fourth-order valence-electron chi connectivity index (χ4n) is 2.67. The molecule has 0 aliphatic rings. The number of benzene rings is 2. The fraction of sp³-hybridized carbons (Fsp3) is 0.235. The maximum Gasteiger partial charge on any atom is 0.143 e. The molecular weight excluding hydrogens is 262 g/mol. The summed E-state index contributed by atoms with van der Waals surface area (Å²) in [6.07, 6.45) is 0. The van der Waals surface area contributed by atoms with Crippen molar-refractivity contribution >= 4 is 16.7 Å². The largest absolute Gasteiger partial charge is 0.398 e. The number of fused-ring (bicyclic) bond motifs is 1. The molecule has 2 aromatic carbocycles. The molecule has 0 saturated heterocycles. The van der Waals surface area contributed by atoms with Crippen LogP contribution in [0.5, 0.6) is 0 Å². The van der Waals surface area contributed by atoms with Crippen molar-refractivity contribution in [1.82, 2.24) is 9.55 Å². The average Bonchev–Trinajstić information content (AvgIpc) is 2.83. The minimum Gasteiger partial charge on any atom is -0.398 e. The maximum absolute atomic E-state index is 6.19. The van der Waals surface area contributed by atoms with Gasteiger partial charge in [0, 0.05) is 24.9 Å². The molecule has 0 aliphatic carbocycles. The van der Waals surface area contributed by atoms with E-state index in [2.05, 4.69) is 23.6 Å². The molecule has 0 unspecified atom stereocenters. The third-order valence-electron chi connectivity index (χ3n) is 3.70. The molecule has 2 N–H and O–H groups in total. The number of hydrogen-bond acceptors (Lipinski definition) is 3. The van der Waals surface area contributed by atoms with E-state index in [9.17, 15) is 0 Å². The number of aromatic nitrogens is 2. The Morgan fingerprint density at radius 2 is 1.95 bits per heavy atom. The van der Waals surface area contributed by atoms with E-state index in [4.69, 9.17) is 15.5 Å². The summed E-state index contributed by atoms with van der Waals surface area (Å²) >= 11 is 0. The van der Waals surface area contributed by atoms with Gasteiger partial charge in [0.15, 0.2) is 0 Å². The van der Waals surface area contributed by atoms with Gasteiger partial charge in [-0.2, -0.15) is 0 Å². The molecule has 4 heteroatoms. The van der Waals surface area contributed by atoms with E-state index in [-0.39, 0.29) is 0 Å². The predicted octanol–water partition coefficient (Wildman–Crippen LogP) is 3.24. The molecule has 21 heavy (non-hydrogen) atoms. The molecule has 0 aliphatic heterocycles. The number of nitrogens with zero attached hydrogens (tertiary/aromatic N) is 2. The van der Waals surface area contributed by atoms with Crippen LogP contribution in [0.15, 0.2) is 42.5 Å². The molecule has 0 saturated carbocycles. The second-order valence-corrected chi connectivity index (χ2v) is 5.11. The maximum atomic E-state index is 6.19. The normalized spacial score (nSPS) is 11.1. The second kappa shape index (κ2) is 5.58. The lowest BCUT2D eigenvalue weighted by molar-refractivity contribution is 0.188. The quantitative estimate of drug-likeness (QED) is 0.747. The van der Waals surface area contributed by atoms with Crippen molar-refractivity contribution in [2.75, 3.05) is 19.5 Å². The minimum atomic E-state index is 0.638. The molecule has 1 aromatic heterocycles. The Balaban J connectivity index is 2.26. The highest BCUT2D eigenvalue weighted by Crippen LogP contribution is 2.31. The van der Waals surface area contributed by atoms with Gasteiger partial charge >= 0.3 is 0 Å². The van der Waals surface area contributed by atoms with Crippen molar-refractivity contribution < 1.29 is 4.74 Å². The first-order valence-electron chi connectivity index (χ1n) is 7.02. The molecule has 108 valence electrons. The summed E-state index contributed by atoms with van der Waals surface area (Å²) in [5, 5.41) is 0. The van der Waals surface area contributed by atoms with Crippen LogP contribution in [-0.2, 0) is 11.3 Å². The van der Waals surface area contributed by atoms with Gasteiger partial charge in [0.2, 0.25) is 0 Å². The average molecular weight is 281 g/mol. The number of anilines is 1. The molecule has 0 radical (unpaired) electrons. The molecule has 0 fully saturated rings. The smallest absolute Gasteiger partial charge is 0.143 e. The Kier molecular flexibility index (Phi) is 3.62. The summed E-state index contributed by atoms with van der Waals surface area (Å²) in [6.45, 7) is 3.45. The van der Waals surface area contributed by atoms with Crippen molar-refractivity contribution in [2.45, 2.75) is 13.5 Å². The second-order valence-electron chi connectivity index (χ2n) is 5.11. The minimum absolute atomic E-state index is 0.638. The van der Waals surface area contributed by atoms with E-state index in [1.807, 2.05) is 30.3 Å². The molecule has 1 heterocycles. The molecule has 0 spiro atoms. The highest BCUT2D eigenvalue weighted by atomic mass is 16.5. The van der Waals surface area contributed by atoms with Crippen LogP contribution in [-0.4, -0.2) is 23.3 Å². The van der Waals surface area contributed by atoms with Gasteiger partial charge < -0.3 is 15.0 Å². The summed E-state index contributed by atoms with van der Waals surface area (Å²) in [5.74, 6) is 0.906. The lowest BCUT2D eigenvalue weighted by atomic mass is 10.1. The number of hydrogen-bond donors (Lipinski definition) is 1. The predicted molar refractivity (Wildman–Crippen MR) is 86.2 cm³/mol. The number of rotatable bonds is 4. The first kappa shape index (κ1) is 13.6. The van der Waals surface area contributed by atoms with Gasteiger partial charge in [-0.05, 0) is 30.7 Å². The van der Waals surface area contributed by atoms with Crippen LogP contribution in [0.2, 0.25) is 0 Å². The van der Waals surface area contributed by atoms with Gasteiger partial charge in [-0.1, -0.05) is 24.3 Å². The topological polar surface area (TPSA) is 53.1 Å². The zero-order valence-electron chi connectivity index (χ0n) is 12.3. The summed E-state index contributed by atoms with van der Waals surface area (Å²) < 4.78 is 7.41. The zero-order valence-corrected chi connectivity index (χ0v) is 12.3. The third-order valence-corrected chi connectivity index (χ3v) is 3.70. The van der Waals surface area contributed by atoms with E-state index in [1.54, 1.807) is 7.11 Å². The highest BCUT2D eigenvalue weighted by Gasteiger charge is 2.16. The van der Waals surface area contributed by atoms with Crippen molar-refractivity contribution in [3.8, 4) is 11.4 Å². The van der Waals surface area contributed by atoms with Gasteiger partial charge in [0.05, 0.1) is 17.6 Å². The van der Waals surface area contributed by atoms with Crippen LogP contribution in [0.1, 0.15) is 5.56 Å². The summed E-state index contributed by atoms with van der Waals surface area (Å²) in [4.78, 5) is 4.78. The standard InChI is InChI=1S/C17H19N3O/c1-12-6-5-7-13(18)16(12)17-19-14-8-3-4-9-15(14)20(17)10-11-21-2/h3-9H,10-11,18H2,1-2H3. The van der Waals surface area contributed by atoms with Crippen LogP contribution < -0.4 is 5.73 Å². The van der Waals surface area contributed by atoms with Gasteiger partial charge in [0.25, 0.3) is 0 Å². The lowest BCUT2D eigenvalue weighted by Crippen LogP contribution is -2.07. The Bertz CT molecular complexity index is 757. The van der Waals surface area contributed by atoms with E-state index in [0.717, 1.165) is 40.2 Å². The van der Waals surface area contributed by atoms with E-state index in [0.29, 0.717) is 6.61 Å². The van der Waals surface area contributed by atoms with Gasteiger partial charge in [-0.3, -0.25) is 0 Å². The Morgan fingerprint density at radius 1 is 1.14 bits per heavy atom. The molecule has 0 amide bonds. The molecule has 0 bridgehead atoms. The summed E-state index contributed by atoms with van der Waals surface area (Å²) in [6, 6.07) is 14.1. The lowest BCUT2D eigenvalue weighted by Gasteiger charge is -2.12. The van der Waals surface area contributed by atoms with Crippen LogP contribution >= 0.6 is 0 Å². The molecule has 3 aromatic rings. The van der Waals surface area contributed by atoms with Crippen LogP contribution in [0, 0.1) is 6.92 Å². The van der Waals surface area contributed by atoms with Crippen molar-refractivity contribution in [3.63, 3.8) is 0 Å². The van der Waals surface area contributed by atoms with E-state index < -0.39 is 0 Å². The Morgan fingerprint density at radius 3 is 2.71 bits per heavy atom. The number of imidazole rings is 1. The van der Waals surface area contributed by atoms with Crippen molar-refractivity contribution in [2.24, 2.45) is 0 Å². The Labute approximate surface area is 124 Å². The fourth-order valence-corrected chi connectivity index (χ4v) is 2.67. The molecule has 3 rings (SSSR count). The van der Waals surface area contributed by atoms with Crippen LogP contribution in [0.3, 0.4) is 0 Å². The number of para-hydroxylation sites is 2. The zero-order chi connectivity index (χ0) is 14.8. The van der Waals surface area contributed by atoms with Crippen LogP contribution in [0.4, 0.5) is 5.69 Å². The monoisotopic (exact) mass is 281 g/mol. The third kappa shape index (κ3) is 2.38. The van der Waals surface area contributed by atoms with Crippen LogP contribution in [0.25, 0.3) is 22.4 Å². The SMILES string of the molecule is COCCn1c(-c2c(C)cccc2N)nc2ccccc21. The van der Waals surface area contributed by atoms with Gasteiger partial charge in [-0.25, -0.2) is 4.98 Å². The first-order chi connectivity index (χ1) is 10.2. The Hall–Kier alpha value is -2.33. The van der Waals surface area contributed by atoms with Gasteiger partial charge in [0.1, 0.15) is 5.82 Å². The molecule has 4 nitrogen and oxygen atoms in total. The number of nitrogens with two attached hydrogens (primary N) is 1. The number of nitrogen functional groups attached to an aromatic ring is 1. The van der Waals surface area contributed by atoms with Crippen molar-refractivity contribution in [1.29, 1.82) is 0 Å². The van der Waals surface area contributed by atoms with Crippen molar-refractivity contribution in [3.05, 3.63) is 48.0 Å². The molecule has 0 atom stereocenters. The summed E-state index contributed by atoms with van der Waals surface area (Å²) in [7, 11) is 1.71. The number of ether oxygens (including phenoxy) is 1.